The van der Waals surface area contributed by atoms with Gasteiger partial charge in [0.05, 0.1) is 57.7 Å². The molecule has 4 aromatic rings. The van der Waals surface area contributed by atoms with Crippen LogP contribution in [0.15, 0.2) is 109 Å². The van der Waals surface area contributed by atoms with Crippen LogP contribution in [0.2, 0.25) is 18.1 Å². The molecule has 4 heterocycles. The van der Waals surface area contributed by atoms with Crippen molar-refractivity contribution in [2.24, 2.45) is 11.8 Å². The van der Waals surface area contributed by atoms with Crippen LogP contribution < -0.4 is 0 Å². The van der Waals surface area contributed by atoms with Crippen molar-refractivity contribution >= 4 is 43.9 Å². The lowest BCUT2D eigenvalue weighted by atomic mass is 9.85. The summed E-state index contributed by atoms with van der Waals surface area (Å²) in [6.07, 6.45) is -6.85. The Balaban J connectivity index is 1.21. The van der Waals surface area contributed by atoms with E-state index in [0.717, 1.165) is 9.80 Å². The Hall–Kier alpha value is -5.88. The van der Waals surface area contributed by atoms with E-state index >= 15 is 0 Å². The van der Waals surface area contributed by atoms with E-state index in [4.69, 9.17) is 32.8 Å². The van der Waals surface area contributed by atoms with Crippen LogP contribution in [0.1, 0.15) is 96.8 Å². The number of ether oxygens (including phenoxy) is 6. The highest BCUT2D eigenvalue weighted by Gasteiger charge is 2.58. The fourth-order valence-electron chi connectivity index (χ4n) is 9.17. The monoisotopic (exact) mass is 932 g/mol. The molecule has 0 radical (unpaired) electrons. The van der Waals surface area contributed by atoms with Crippen LogP contribution in [-0.2, 0) is 32.8 Å². The van der Waals surface area contributed by atoms with Gasteiger partial charge in [0.2, 0.25) is 0 Å². The lowest BCUT2D eigenvalue weighted by Crippen LogP contribution is -2.68. The first-order valence-electron chi connectivity index (χ1n) is 22.5. The van der Waals surface area contributed by atoms with Crippen molar-refractivity contribution in [1.82, 2.24) is 9.80 Å². The maximum absolute atomic E-state index is 14.5. The molecule has 8 rings (SSSR count). The molecule has 4 amide bonds. The highest BCUT2D eigenvalue weighted by molar-refractivity contribution is 6.74. The lowest BCUT2D eigenvalue weighted by molar-refractivity contribution is -0.324. The second-order valence-electron chi connectivity index (χ2n) is 18.9. The molecule has 4 aliphatic rings. The first-order valence-corrected chi connectivity index (χ1v) is 25.4. The third-order valence-corrected chi connectivity index (χ3v) is 18.3. The van der Waals surface area contributed by atoms with Crippen LogP contribution in [0, 0.1) is 11.8 Å². The van der Waals surface area contributed by atoms with E-state index in [-0.39, 0.29) is 46.1 Å². The fraction of sp³-hybridized carbons (Fsp3) is 0.412. The number of nitrogens with zero attached hydrogens (tertiary/aromatic N) is 2. The van der Waals surface area contributed by atoms with E-state index in [9.17, 15) is 28.8 Å². The number of esters is 2. The second-order valence-corrected chi connectivity index (χ2v) is 23.7. The molecule has 16 heteroatoms. The summed E-state index contributed by atoms with van der Waals surface area (Å²) in [6, 6.07) is 27.6. The summed E-state index contributed by atoms with van der Waals surface area (Å²) in [5, 5.41) is -0.299. The van der Waals surface area contributed by atoms with Crippen LogP contribution in [-0.4, -0.2) is 123 Å². The highest BCUT2D eigenvalue weighted by Crippen LogP contribution is 2.45. The summed E-state index contributed by atoms with van der Waals surface area (Å²) in [6.45, 7) is 13.3. The molecule has 5 unspecified atom stereocenters. The van der Waals surface area contributed by atoms with E-state index in [1.165, 1.54) is 7.11 Å². The fourth-order valence-corrected chi connectivity index (χ4v) is 10.6. The topological polar surface area (TPSA) is 174 Å². The molecule has 15 nitrogen and oxygen atoms in total. The van der Waals surface area contributed by atoms with Gasteiger partial charge in [0.25, 0.3) is 23.6 Å². The van der Waals surface area contributed by atoms with Crippen LogP contribution in [0.4, 0.5) is 0 Å². The SMILES string of the molecule is CO[C@H]1OC(COC(=O)c2ccccc2)[C@@H](OC2OC(COC(=O)c3ccccc3)C(O[Si](C)(C)C(C)(C)C)[C@H](C)[C@H]2N2C(=O)c3ccccc3C2=O)C(C)[C@@H]1N1C(=O)c2ccccc2C1=O. The molecular weight excluding hydrogens is 877 g/mol. The van der Waals surface area contributed by atoms with Gasteiger partial charge in [-0.25, -0.2) is 9.59 Å². The van der Waals surface area contributed by atoms with Gasteiger partial charge in [-0.1, -0.05) is 95.3 Å². The van der Waals surface area contributed by atoms with Gasteiger partial charge in [0.1, 0.15) is 25.4 Å². The summed E-state index contributed by atoms with van der Waals surface area (Å²) in [5.74, 6) is -5.07. The molecule has 67 heavy (non-hydrogen) atoms. The molecule has 4 aromatic carbocycles. The Labute approximate surface area is 390 Å². The zero-order valence-corrected chi connectivity index (χ0v) is 39.8. The highest BCUT2D eigenvalue weighted by atomic mass is 28.4. The maximum Gasteiger partial charge on any atom is 0.338 e. The predicted molar refractivity (Wildman–Crippen MR) is 245 cm³/mol. The Kier molecular flexibility index (Phi) is 13.5. The molecule has 0 bridgehead atoms. The predicted octanol–water partition coefficient (Wildman–Crippen LogP) is 7.17. The molecule has 4 aliphatic heterocycles. The smallest absolute Gasteiger partial charge is 0.338 e. The van der Waals surface area contributed by atoms with Crippen molar-refractivity contribution in [3.63, 3.8) is 0 Å². The number of rotatable bonds is 13. The van der Waals surface area contributed by atoms with E-state index < -0.39 is 105 Å². The zero-order chi connectivity index (χ0) is 47.9. The van der Waals surface area contributed by atoms with Gasteiger partial charge < -0.3 is 32.8 Å². The Morgan fingerprint density at radius 3 is 1.33 bits per heavy atom. The largest absolute Gasteiger partial charge is 0.459 e. The average molecular weight is 933 g/mol. The summed E-state index contributed by atoms with van der Waals surface area (Å²) in [7, 11) is -1.30. The Morgan fingerprint density at radius 1 is 0.567 bits per heavy atom. The first-order chi connectivity index (χ1) is 31.9. The van der Waals surface area contributed by atoms with Crippen molar-refractivity contribution in [3.05, 3.63) is 143 Å². The third kappa shape index (κ3) is 9.01. The van der Waals surface area contributed by atoms with Crippen LogP contribution in [0.3, 0.4) is 0 Å². The molecule has 2 saturated heterocycles. The van der Waals surface area contributed by atoms with E-state index in [1.807, 2.05) is 6.92 Å². The van der Waals surface area contributed by atoms with Crippen LogP contribution in [0.25, 0.3) is 0 Å². The van der Waals surface area contributed by atoms with Gasteiger partial charge in [-0.2, -0.15) is 0 Å². The lowest BCUT2D eigenvalue weighted by Gasteiger charge is -2.53. The average Bonchev–Trinajstić information content (AvgIpc) is 3.72. The van der Waals surface area contributed by atoms with Gasteiger partial charge in [-0.15, -0.1) is 0 Å². The zero-order valence-electron chi connectivity index (χ0n) is 38.8. The quantitative estimate of drug-likeness (QED) is 0.0751. The number of benzene rings is 4. The Morgan fingerprint density at radius 2 is 0.925 bits per heavy atom. The standard InChI is InChI=1S/C51H56N2O13Si/c1-29-39(52-43(54)33-23-15-16-24-34(33)44(52)55)49(60-6)63-37(27-61-47(58)31-19-11-9-12-20-31)41(29)65-50-40(53-45(56)35-25-17-18-26-36(35)46(53)57)30(2)42(66-67(7,8)51(3,4)5)38(64-50)28-62-48(59)32-21-13-10-14-22-32/h9-26,29-30,37-42,49-50H,27-28H2,1-8H3/t29?,30-,37?,38?,39+,40-,41+,42?,49+,50?/m1/s1. The summed E-state index contributed by atoms with van der Waals surface area (Å²) < 4.78 is 45.4. The Bertz CT molecular complexity index is 2460. The number of carbonyl (C=O) groups is 6. The van der Waals surface area contributed by atoms with E-state index in [0.29, 0.717) is 5.56 Å². The second kappa shape index (κ2) is 19.0. The molecule has 0 N–H and O–H groups in total. The molecule has 352 valence electrons. The maximum atomic E-state index is 14.5. The normalized spacial score (nSPS) is 27.5. The summed E-state index contributed by atoms with van der Waals surface area (Å²) in [4.78, 5) is 86.5. The minimum absolute atomic E-state index is 0.202. The third-order valence-electron chi connectivity index (χ3n) is 13.8. The number of amides is 4. The number of hydrogen-bond acceptors (Lipinski definition) is 13. The minimum atomic E-state index is -2.68. The summed E-state index contributed by atoms with van der Waals surface area (Å²) >= 11 is 0. The van der Waals surface area contributed by atoms with Gasteiger partial charge >= 0.3 is 11.9 Å². The van der Waals surface area contributed by atoms with Crippen molar-refractivity contribution in [2.75, 3.05) is 20.3 Å². The molecule has 0 aliphatic carbocycles. The number of methoxy groups -OCH3 is 1. The number of imide groups is 2. The molecular formula is C51H56N2O13Si. The number of fused-ring (bicyclic) bond motifs is 2. The summed E-state index contributed by atoms with van der Waals surface area (Å²) in [5.41, 5.74) is 1.43. The van der Waals surface area contributed by atoms with Crippen molar-refractivity contribution in [1.29, 1.82) is 0 Å². The van der Waals surface area contributed by atoms with Gasteiger partial charge in [0, 0.05) is 18.9 Å². The number of carbonyl (C=O) groups excluding carboxylic acids is 6. The van der Waals surface area contributed by atoms with Gasteiger partial charge in [-0.05, 0) is 66.7 Å². The molecule has 0 aromatic heterocycles. The molecule has 10 atom stereocenters. The van der Waals surface area contributed by atoms with Crippen molar-refractivity contribution in [2.45, 2.75) is 102 Å². The first kappa shape index (κ1) is 47.6. The molecule has 0 saturated carbocycles. The van der Waals surface area contributed by atoms with Gasteiger partial charge in [-0.3, -0.25) is 29.0 Å². The minimum Gasteiger partial charge on any atom is -0.459 e. The van der Waals surface area contributed by atoms with Gasteiger partial charge in [0.15, 0.2) is 20.9 Å². The molecule has 0 spiro atoms. The van der Waals surface area contributed by atoms with E-state index in [2.05, 4.69) is 33.9 Å². The number of hydrogen-bond donors (Lipinski definition) is 0. The van der Waals surface area contributed by atoms with Crippen molar-refractivity contribution in [3.8, 4) is 0 Å². The van der Waals surface area contributed by atoms with Crippen LogP contribution in [0.5, 0.6) is 0 Å². The van der Waals surface area contributed by atoms with E-state index in [1.54, 1.807) is 116 Å². The van der Waals surface area contributed by atoms with Crippen molar-refractivity contribution < 1.29 is 61.6 Å². The van der Waals surface area contributed by atoms with Crippen LogP contribution >= 0.6 is 0 Å². The molecule has 2 fully saturated rings.